The molecule has 0 aliphatic carbocycles. The molecule has 0 saturated heterocycles. The van der Waals surface area contributed by atoms with Crippen molar-refractivity contribution in [3.63, 3.8) is 0 Å². The number of aromatic nitrogens is 2. The average Bonchev–Trinajstić information content (AvgIpc) is 2.86. The number of aromatic hydroxyl groups is 1. The standard InChI is InChI=1S/C25H25F3N4O5/c1-3-31(4-2)12-13-37-23(35)16-8-10-18(11-9-16)29-15-20-21(33)30-24(36)32(22(20)34)19-7-5-6-17(14-19)25(26,27)28/h5-11,14-15,34H,3-4,12-13H2,1-2H3,(H,30,33,36)/p+1. The number of hydrogen-bond acceptors (Lipinski definition) is 6. The van der Waals surface area contributed by atoms with Gasteiger partial charge >= 0.3 is 17.8 Å². The van der Waals surface area contributed by atoms with Crippen molar-refractivity contribution in [2.45, 2.75) is 20.0 Å². The van der Waals surface area contributed by atoms with Gasteiger partial charge in [0.2, 0.25) is 5.88 Å². The summed E-state index contributed by atoms with van der Waals surface area (Å²) in [5, 5.41) is 10.6. The van der Waals surface area contributed by atoms with Crippen LogP contribution < -0.4 is 16.1 Å². The van der Waals surface area contributed by atoms with Crippen molar-refractivity contribution < 1.29 is 32.7 Å². The van der Waals surface area contributed by atoms with Gasteiger partial charge in [-0.15, -0.1) is 0 Å². The number of carbonyl (C=O) groups excluding carboxylic acids is 1. The molecule has 0 radical (unpaired) electrons. The number of ether oxygens (including phenoxy) is 1. The van der Waals surface area contributed by atoms with E-state index in [4.69, 9.17) is 4.74 Å². The van der Waals surface area contributed by atoms with Crippen molar-refractivity contribution in [3.05, 3.63) is 86.1 Å². The molecule has 0 aliphatic heterocycles. The molecule has 0 unspecified atom stereocenters. The molecular formula is C25H26F3N4O5+. The Morgan fingerprint density at radius 1 is 1.14 bits per heavy atom. The second-order valence-corrected chi connectivity index (χ2v) is 8.03. The van der Waals surface area contributed by atoms with Gasteiger partial charge in [0, 0.05) is 6.21 Å². The maximum absolute atomic E-state index is 13.1. The van der Waals surface area contributed by atoms with Gasteiger partial charge in [-0.1, -0.05) is 6.07 Å². The largest absolute Gasteiger partial charge is 0.493 e. The van der Waals surface area contributed by atoms with Crippen LogP contribution in [0.1, 0.15) is 35.3 Å². The summed E-state index contributed by atoms with van der Waals surface area (Å²) in [6.07, 6.45) is -3.70. The molecule has 1 heterocycles. The Hall–Kier alpha value is -4.19. The Morgan fingerprint density at radius 2 is 1.81 bits per heavy atom. The first-order valence-electron chi connectivity index (χ1n) is 11.5. The second-order valence-electron chi connectivity index (χ2n) is 8.03. The van der Waals surface area contributed by atoms with Crippen molar-refractivity contribution >= 4 is 17.9 Å². The number of nitrogens with one attached hydrogen (secondary N) is 2. The predicted molar refractivity (Wildman–Crippen MR) is 130 cm³/mol. The molecular weight excluding hydrogens is 493 g/mol. The Kier molecular flexibility index (Phi) is 8.66. The SMILES string of the molecule is CC[NH+](CC)CCOC(=O)c1ccc(N=Cc2c(O)n(-c3cccc(C(F)(F)F)c3)c(=O)[nH]c2=O)cc1. The maximum Gasteiger partial charge on any atom is 0.416 e. The molecule has 0 fully saturated rings. The van der Waals surface area contributed by atoms with Crippen molar-refractivity contribution in [3.8, 4) is 11.6 Å². The van der Waals surface area contributed by atoms with Gasteiger partial charge in [0.05, 0.1) is 35.6 Å². The van der Waals surface area contributed by atoms with Crippen LogP contribution in [-0.2, 0) is 10.9 Å². The van der Waals surface area contributed by atoms with Gasteiger partial charge in [0.25, 0.3) is 5.56 Å². The van der Waals surface area contributed by atoms with Gasteiger partial charge in [-0.25, -0.2) is 14.2 Å². The van der Waals surface area contributed by atoms with Crippen molar-refractivity contribution in [2.75, 3.05) is 26.2 Å². The zero-order valence-corrected chi connectivity index (χ0v) is 20.1. The number of esters is 1. The number of carbonyl (C=O) groups is 1. The van der Waals surface area contributed by atoms with Crippen LogP contribution >= 0.6 is 0 Å². The fourth-order valence-electron chi connectivity index (χ4n) is 3.51. The van der Waals surface area contributed by atoms with E-state index < -0.39 is 40.4 Å². The summed E-state index contributed by atoms with van der Waals surface area (Å²) in [6, 6.07) is 9.65. The monoisotopic (exact) mass is 519 g/mol. The molecule has 3 rings (SSSR count). The van der Waals surface area contributed by atoms with Crippen LogP contribution in [0.3, 0.4) is 0 Å². The minimum absolute atomic E-state index is 0.277. The summed E-state index contributed by atoms with van der Waals surface area (Å²) >= 11 is 0. The molecule has 0 amide bonds. The molecule has 3 N–H and O–H groups in total. The Balaban J connectivity index is 1.81. The minimum atomic E-state index is -4.67. The van der Waals surface area contributed by atoms with E-state index in [0.29, 0.717) is 28.4 Å². The molecule has 0 aliphatic rings. The summed E-state index contributed by atoms with van der Waals surface area (Å²) in [5.74, 6) is -1.38. The lowest BCUT2D eigenvalue weighted by molar-refractivity contribution is -0.896. The van der Waals surface area contributed by atoms with E-state index >= 15 is 0 Å². The number of rotatable bonds is 9. The smallest absolute Gasteiger partial charge is 0.416 e. The molecule has 37 heavy (non-hydrogen) atoms. The number of halogens is 3. The zero-order chi connectivity index (χ0) is 27.2. The third-order valence-corrected chi connectivity index (χ3v) is 5.69. The quantitative estimate of drug-likeness (QED) is 0.296. The van der Waals surface area contributed by atoms with Gasteiger partial charge in [-0.05, 0) is 56.3 Å². The molecule has 0 atom stereocenters. The number of hydrogen-bond donors (Lipinski definition) is 3. The third-order valence-electron chi connectivity index (χ3n) is 5.69. The van der Waals surface area contributed by atoms with E-state index in [1.807, 2.05) is 18.8 Å². The normalized spacial score (nSPS) is 11.8. The Labute approximate surface area is 209 Å². The lowest BCUT2D eigenvalue weighted by Gasteiger charge is -2.15. The van der Waals surface area contributed by atoms with E-state index in [2.05, 4.69) is 4.99 Å². The van der Waals surface area contributed by atoms with Crippen LogP contribution in [-0.4, -0.2) is 53.1 Å². The van der Waals surface area contributed by atoms with Crippen LogP contribution in [0, 0.1) is 0 Å². The van der Waals surface area contributed by atoms with Crippen LogP contribution in [0.4, 0.5) is 18.9 Å². The number of nitrogens with zero attached hydrogens (tertiary/aromatic N) is 2. The lowest BCUT2D eigenvalue weighted by Crippen LogP contribution is -3.11. The first-order chi connectivity index (χ1) is 17.5. The minimum Gasteiger partial charge on any atom is -0.493 e. The molecule has 196 valence electrons. The second kappa shape index (κ2) is 11.7. The molecule has 12 heteroatoms. The van der Waals surface area contributed by atoms with E-state index in [1.54, 1.807) is 0 Å². The highest BCUT2D eigenvalue weighted by Gasteiger charge is 2.31. The van der Waals surface area contributed by atoms with E-state index in [9.17, 15) is 32.7 Å². The van der Waals surface area contributed by atoms with Gasteiger partial charge in [0.1, 0.15) is 18.7 Å². The van der Waals surface area contributed by atoms with Gasteiger partial charge in [0.15, 0.2) is 0 Å². The van der Waals surface area contributed by atoms with Crippen LogP contribution in [0.2, 0.25) is 0 Å². The highest BCUT2D eigenvalue weighted by Crippen LogP contribution is 2.30. The van der Waals surface area contributed by atoms with Crippen molar-refractivity contribution in [1.82, 2.24) is 9.55 Å². The van der Waals surface area contributed by atoms with E-state index in [0.717, 1.165) is 31.4 Å². The predicted octanol–water partition coefficient (Wildman–Crippen LogP) is 2.08. The lowest BCUT2D eigenvalue weighted by atomic mass is 10.2. The number of likely N-dealkylation sites (N-methyl/N-ethyl adjacent to an activating group) is 1. The van der Waals surface area contributed by atoms with Gasteiger partial charge in [-0.2, -0.15) is 13.2 Å². The highest BCUT2D eigenvalue weighted by molar-refractivity contribution is 5.90. The summed E-state index contributed by atoms with van der Waals surface area (Å²) in [4.78, 5) is 44.1. The van der Waals surface area contributed by atoms with E-state index in [1.165, 1.54) is 35.2 Å². The number of benzene rings is 2. The van der Waals surface area contributed by atoms with Crippen LogP contribution in [0.25, 0.3) is 5.69 Å². The number of H-pyrrole nitrogens is 1. The van der Waals surface area contributed by atoms with E-state index in [-0.39, 0.29) is 12.3 Å². The van der Waals surface area contributed by atoms with Gasteiger partial charge in [-0.3, -0.25) is 14.8 Å². The first kappa shape index (κ1) is 27.4. The molecule has 1 aromatic heterocycles. The average molecular weight is 520 g/mol. The molecule has 9 nitrogen and oxygen atoms in total. The number of quaternary nitrogens is 1. The topological polar surface area (TPSA) is 118 Å². The summed E-state index contributed by atoms with van der Waals surface area (Å²) in [5.41, 5.74) is -3.28. The molecule has 0 bridgehead atoms. The van der Waals surface area contributed by atoms with Gasteiger partial charge < -0.3 is 14.7 Å². The number of aliphatic imine (C=N–C) groups is 1. The molecule has 0 spiro atoms. The Bertz CT molecular complexity index is 1390. The fourth-order valence-corrected chi connectivity index (χ4v) is 3.51. The fraction of sp³-hybridized carbons (Fsp3) is 0.280. The zero-order valence-electron chi connectivity index (χ0n) is 20.1. The van der Waals surface area contributed by atoms with Crippen LogP contribution in [0.5, 0.6) is 5.88 Å². The van der Waals surface area contributed by atoms with Crippen molar-refractivity contribution in [1.29, 1.82) is 0 Å². The molecule has 0 saturated carbocycles. The number of aromatic amines is 1. The summed E-state index contributed by atoms with van der Waals surface area (Å²) in [6.45, 7) is 6.93. The first-order valence-corrected chi connectivity index (χ1v) is 11.5. The molecule has 2 aromatic carbocycles. The summed E-state index contributed by atoms with van der Waals surface area (Å²) in [7, 11) is 0. The summed E-state index contributed by atoms with van der Waals surface area (Å²) < 4.78 is 45.1. The Morgan fingerprint density at radius 3 is 2.43 bits per heavy atom. The van der Waals surface area contributed by atoms with Crippen molar-refractivity contribution in [2.24, 2.45) is 4.99 Å². The number of alkyl halides is 3. The van der Waals surface area contributed by atoms with Crippen LogP contribution in [0.15, 0.2) is 63.1 Å². The third kappa shape index (κ3) is 6.73. The maximum atomic E-state index is 13.1. The molecule has 3 aromatic rings. The highest BCUT2D eigenvalue weighted by atomic mass is 19.4.